The molecule has 100 valence electrons. The van der Waals surface area contributed by atoms with Crippen molar-refractivity contribution in [2.45, 2.75) is 32.7 Å². The van der Waals surface area contributed by atoms with E-state index in [-0.39, 0.29) is 11.4 Å². The van der Waals surface area contributed by atoms with Crippen LogP contribution in [0.5, 0.6) is 0 Å². The summed E-state index contributed by atoms with van der Waals surface area (Å²) in [4.78, 5) is 23.0. The van der Waals surface area contributed by atoms with Gasteiger partial charge in [-0.1, -0.05) is 38.1 Å². The maximum Gasteiger partial charge on any atom is 0.287 e. The molecular formula is C15H17NO3. The van der Waals surface area contributed by atoms with Gasteiger partial charge in [-0.15, -0.1) is 0 Å². The topological polar surface area (TPSA) is 66.4 Å². The lowest BCUT2D eigenvalue weighted by Crippen LogP contribution is -2.23. The third-order valence-corrected chi connectivity index (χ3v) is 3.35. The SMILES string of the molecule is CC(=O)C1=C(O)C(=O)N[C@H]1c1ccc(C(C)C)cc1. The molecule has 1 amide bonds. The maximum atomic E-state index is 11.6. The van der Waals surface area contributed by atoms with Gasteiger partial charge in [-0.3, -0.25) is 9.59 Å². The Morgan fingerprint density at radius 3 is 2.32 bits per heavy atom. The Bertz CT molecular complexity index is 555. The van der Waals surface area contributed by atoms with E-state index in [0.717, 1.165) is 5.56 Å². The standard InChI is InChI=1S/C15H17NO3/c1-8(2)10-4-6-11(7-5-10)13-12(9(3)17)14(18)15(19)16-13/h4-8,13,18H,1-3H3,(H,16,19)/t13-/m0/s1. The van der Waals surface area contributed by atoms with Gasteiger partial charge in [0, 0.05) is 0 Å². The average Bonchev–Trinajstić information content (AvgIpc) is 2.66. The first-order valence-corrected chi connectivity index (χ1v) is 6.26. The van der Waals surface area contributed by atoms with E-state index < -0.39 is 17.7 Å². The van der Waals surface area contributed by atoms with Crippen molar-refractivity contribution < 1.29 is 14.7 Å². The summed E-state index contributed by atoms with van der Waals surface area (Å²) in [7, 11) is 0. The second-order valence-electron chi connectivity index (χ2n) is 5.05. The van der Waals surface area contributed by atoms with Crippen LogP contribution in [0.2, 0.25) is 0 Å². The molecule has 4 heteroatoms. The van der Waals surface area contributed by atoms with Gasteiger partial charge in [0.1, 0.15) is 0 Å². The lowest BCUT2D eigenvalue weighted by atomic mass is 9.95. The van der Waals surface area contributed by atoms with Gasteiger partial charge in [-0.2, -0.15) is 0 Å². The number of Topliss-reactive ketones (excluding diaryl/α,β-unsaturated/α-hetero) is 1. The van der Waals surface area contributed by atoms with Crippen LogP contribution in [0.15, 0.2) is 35.6 Å². The van der Waals surface area contributed by atoms with E-state index >= 15 is 0 Å². The summed E-state index contributed by atoms with van der Waals surface area (Å²) >= 11 is 0. The zero-order valence-electron chi connectivity index (χ0n) is 11.2. The smallest absolute Gasteiger partial charge is 0.287 e. The number of hydrogen-bond acceptors (Lipinski definition) is 3. The Labute approximate surface area is 112 Å². The molecule has 2 rings (SSSR count). The van der Waals surface area contributed by atoms with Gasteiger partial charge in [-0.05, 0) is 24.0 Å². The molecule has 1 aliphatic rings. The van der Waals surface area contributed by atoms with E-state index in [2.05, 4.69) is 19.2 Å². The zero-order chi connectivity index (χ0) is 14.2. The van der Waals surface area contributed by atoms with Crippen LogP contribution < -0.4 is 5.32 Å². The second-order valence-corrected chi connectivity index (χ2v) is 5.05. The average molecular weight is 259 g/mol. The summed E-state index contributed by atoms with van der Waals surface area (Å²) in [5.74, 6) is -0.939. The lowest BCUT2D eigenvalue weighted by Gasteiger charge is -2.14. The quantitative estimate of drug-likeness (QED) is 0.875. The second kappa shape index (κ2) is 4.88. The molecule has 1 heterocycles. The number of aliphatic hydroxyl groups is 1. The summed E-state index contributed by atoms with van der Waals surface area (Å²) in [6, 6.07) is 7.15. The molecular weight excluding hydrogens is 242 g/mol. The molecule has 1 aromatic rings. The van der Waals surface area contributed by atoms with Crippen LogP contribution in [0.3, 0.4) is 0 Å². The third kappa shape index (κ3) is 2.38. The molecule has 0 saturated carbocycles. The van der Waals surface area contributed by atoms with Gasteiger partial charge < -0.3 is 10.4 Å². The molecule has 2 N–H and O–H groups in total. The van der Waals surface area contributed by atoms with Crippen LogP contribution in [0.4, 0.5) is 0 Å². The van der Waals surface area contributed by atoms with Crippen molar-refractivity contribution >= 4 is 11.7 Å². The van der Waals surface area contributed by atoms with Crippen LogP contribution in [0.1, 0.15) is 43.9 Å². The first kappa shape index (κ1) is 13.3. The summed E-state index contributed by atoms with van der Waals surface area (Å²) in [5, 5.41) is 12.3. The fourth-order valence-corrected chi connectivity index (χ4v) is 2.22. The Balaban J connectivity index is 2.37. The molecule has 0 spiro atoms. The highest BCUT2D eigenvalue weighted by molar-refractivity contribution is 6.08. The molecule has 0 fully saturated rings. The molecule has 0 unspecified atom stereocenters. The van der Waals surface area contributed by atoms with Crippen molar-refractivity contribution in [3.05, 3.63) is 46.7 Å². The predicted molar refractivity (Wildman–Crippen MR) is 71.8 cm³/mol. The van der Waals surface area contributed by atoms with Crippen molar-refractivity contribution in [2.24, 2.45) is 0 Å². The van der Waals surface area contributed by atoms with Crippen LogP contribution in [-0.2, 0) is 9.59 Å². The summed E-state index contributed by atoms with van der Waals surface area (Å²) < 4.78 is 0. The number of ketones is 1. The van der Waals surface area contributed by atoms with Crippen molar-refractivity contribution in [3.63, 3.8) is 0 Å². The van der Waals surface area contributed by atoms with E-state index in [1.54, 1.807) is 0 Å². The molecule has 1 atom stereocenters. The minimum absolute atomic E-state index is 0.141. The summed E-state index contributed by atoms with van der Waals surface area (Å²) in [5.41, 5.74) is 2.12. The van der Waals surface area contributed by atoms with Crippen LogP contribution in [-0.4, -0.2) is 16.8 Å². The van der Waals surface area contributed by atoms with Crippen LogP contribution in [0, 0.1) is 0 Å². The third-order valence-electron chi connectivity index (χ3n) is 3.35. The molecule has 0 radical (unpaired) electrons. The molecule has 1 aromatic carbocycles. The number of carbonyl (C=O) groups is 2. The predicted octanol–water partition coefficient (Wildman–Crippen LogP) is 2.38. The van der Waals surface area contributed by atoms with Gasteiger partial charge in [0.15, 0.2) is 11.5 Å². The van der Waals surface area contributed by atoms with E-state index in [0.29, 0.717) is 5.92 Å². The number of hydrogen-bond donors (Lipinski definition) is 2. The largest absolute Gasteiger partial charge is 0.503 e. The number of benzene rings is 1. The maximum absolute atomic E-state index is 11.6. The fraction of sp³-hybridized carbons (Fsp3) is 0.333. The summed E-state index contributed by atoms with van der Waals surface area (Å²) in [6.07, 6.45) is 0. The van der Waals surface area contributed by atoms with Gasteiger partial charge in [-0.25, -0.2) is 0 Å². The lowest BCUT2D eigenvalue weighted by molar-refractivity contribution is -0.119. The van der Waals surface area contributed by atoms with E-state index in [1.807, 2.05) is 24.3 Å². The molecule has 0 saturated heterocycles. The molecule has 0 bridgehead atoms. The van der Waals surface area contributed by atoms with Gasteiger partial charge in [0.25, 0.3) is 5.91 Å². The Morgan fingerprint density at radius 2 is 1.84 bits per heavy atom. The normalized spacial score (nSPS) is 18.9. The highest BCUT2D eigenvalue weighted by Gasteiger charge is 2.35. The monoisotopic (exact) mass is 259 g/mol. The van der Waals surface area contributed by atoms with Gasteiger partial charge >= 0.3 is 0 Å². The Hall–Kier alpha value is -2.10. The van der Waals surface area contributed by atoms with Crippen molar-refractivity contribution in [1.82, 2.24) is 5.32 Å². The molecule has 4 nitrogen and oxygen atoms in total. The number of amides is 1. The number of rotatable bonds is 3. The zero-order valence-corrected chi connectivity index (χ0v) is 11.2. The van der Waals surface area contributed by atoms with Crippen molar-refractivity contribution in [1.29, 1.82) is 0 Å². The fourth-order valence-electron chi connectivity index (χ4n) is 2.22. The number of nitrogens with one attached hydrogen (secondary N) is 1. The number of carbonyl (C=O) groups excluding carboxylic acids is 2. The molecule has 0 aromatic heterocycles. The molecule has 0 aliphatic carbocycles. The number of aliphatic hydroxyl groups excluding tert-OH is 1. The highest BCUT2D eigenvalue weighted by Crippen LogP contribution is 2.30. The van der Waals surface area contributed by atoms with Crippen molar-refractivity contribution in [3.8, 4) is 0 Å². The van der Waals surface area contributed by atoms with Gasteiger partial charge in [0.2, 0.25) is 0 Å². The Morgan fingerprint density at radius 1 is 1.26 bits per heavy atom. The molecule has 19 heavy (non-hydrogen) atoms. The minimum atomic E-state index is -0.594. The van der Waals surface area contributed by atoms with E-state index in [1.165, 1.54) is 12.5 Å². The van der Waals surface area contributed by atoms with E-state index in [4.69, 9.17) is 0 Å². The molecule has 1 aliphatic heterocycles. The van der Waals surface area contributed by atoms with Crippen LogP contribution >= 0.6 is 0 Å². The first-order chi connectivity index (χ1) is 8.91. The Kier molecular flexibility index (Phi) is 3.42. The van der Waals surface area contributed by atoms with E-state index in [9.17, 15) is 14.7 Å². The van der Waals surface area contributed by atoms with Gasteiger partial charge in [0.05, 0.1) is 11.6 Å². The first-order valence-electron chi connectivity index (χ1n) is 6.26. The summed E-state index contributed by atoms with van der Waals surface area (Å²) in [6.45, 7) is 5.54. The van der Waals surface area contributed by atoms with Crippen LogP contribution in [0.25, 0.3) is 0 Å². The van der Waals surface area contributed by atoms with Crippen molar-refractivity contribution in [2.75, 3.05) is 0 Å². The highest BCUT2D eigenvalue weighted by atomic mass is 16.3. The minimum Gasteiger partial charge on any atom is -0.503 e.